The van der Waals surface area contributed by atoms with Gasteiger partial charge in [0.05, 0.1) is 10.6 Å². The average Bonchev–Trinajstić information content (AvgIpc) is 2.93. The summed E-state index contributed by atoms with van der Waals surface area (Å²) in [6, 6.07) is 23.3. The Labute approximate surface area is 234 Å². The minimum absolute atomic E-state index is 0.0528. The Bertz CT molecular complexity index is 1300. The van der Waals surface area contributed by atoms with Gasteiger partial charge in [0.25, 0.3) is 10.0 Å². The number of anilines is 1. The molecule has 0 unspecified atom stereocenters. The van der Waals surface area contributed by atoms with Gasteiger partial charge in [0.2, 0.25) is 11.8 Å². The number of halogens is 1. The SMILES string of the molecule is CC[C@@H](C)NC(=O)[C@@H](CC)N(Cc1ccccc1)C(=O)CN(c1ccc(Br)cc1)S(=O)(=O)c1ccccc1. The Morgan fingerprint density at radius 2 is 1.45 bits per heavy atom. The number of sulfonamides is 1. The molecule has 0 heterocycles. The third kappa shape index (κ3) is 7.45. The molecule has 0 saturated heterocycles. The third-order valence-electron chi connectivity index (χ3n) is 6.31. The van der Waals surface area contributed by atoms with Crippen molar-refractivity contribution in [2.24, 2.45) is 0 Å². The number of carbonyl (C=O) groups is 2. The molecule has 0 aromatic heterocycles. The summed E-state index contributed by atoms with van der Waals surface area (Å²) in [5.74, 6) is -0.727. The van der Waals surface area contributed by atoms with Crippen molar-refractivity contribution in [3.05, 3.63) is 95.0 Å². The third-order valence-corrected chi connectivity index (χ3v) is 8.62. The van der Waals surface area contributed by atoms with E-state index in [1.165, 1.54) is 17.0 Å². The smallest absolute Gasteiger partial charge is 0.264 e. The van der Waals surface area contributed by atoms with Gasteiger partial charge in [0.15, 0.2) is 0 Å². The van der Waals surface area contributed by atoms with Crippen LogP contribution in [0.3, 0.4) is 0 Å². The van der Waals surface area contributed by atoms with Crippen LogP contribution >= 0.6 is 15.9 Å². The number of carbonyl (C=O) groups excluding carboxylic acids is 2. The summed E-state index contributed by atoms with van der Waals surface area (Å²) in [5.41, 5.74) is 1.19. The van der Waals surface area contributed by atoms with E-state index in [0.717, 1.165) is 20.8 Å². The highest BCUT2D eigenvalue weighted by Gasteiger charge is 2.33. The van der Waals surface area contributed by atoms with Gasteiger partial charge in [-0.15, -0.1) is 0 Å². The predicted octanol–water partition coefficient (Wildman–Crippen LogP) is 5.37. The molecule has 0 bridgehead atoms. The van der Waals surface area contributed by atoms with Crippen LogP contribution in [0.2, 0.25) is 0 Å². The first kappa shape index (κ1) is 29.4. The van der Waals surface area contributed by atoms with Crippen molar-refractivity contribution in [1.29, 1.82) is 0 Å². The van der Waals surface area contributed by atoms with Gasteiger partial charge in [-0.1, -0.05) is 78.3 Å². The number of amides is 2. The molecular weight excluding hydrogens is 566 g/mol. The summed E-state index contributed by atoms with van der Waals surface area (Å²) in [4.78, 5) is 28.8. The Morgan fingerprint density at radius 3 is 2.00 bits per heavy atom. The van der Waals surface area contributed by atoms with Gasteiger partial charge in [-0.3, -0.25) is 13.9 Å². The van der Waals surface area contributed by atoms with E-state index in [1.807, 2.05) is 51.1 Å². The van der Waals surface area contributed by atoms with Gasteiger partial charge >= 0.3 is 0 Å². The van der Waals surface area contributed by atoms with Crippen LogP contribution in [0.4, 0.5) is 5.69 Å². The molecular formula is C29H34BrN3O4S. The monoisotopic (exact) mass is 599 g/mol. The minimum atomic E-state index is -4.07. The molecule has 0 aliphatic carbocycles. The van der Waals surface area contributed by atoms with Gasteiger partial charge in [0, 0.05) is 17.1 Å². The molecule has 2 atom stereocenters. The fourth-order valence-electron chi connectivity index (χ4n) is 4.00. The molecule has 9 heteroatoms. The van der Waals surface area contributed by atoms with Gasteiger partial charge in [-0.25, -0.2) is 8.42 Å². The van der Waals surface area contributed by atoms with E-state index in [4.69, 9.17) is 0 Å². The topological polar surface area (TPSA) is 86.8 Å². The summed E-state index contributed by atoms with van der Waals surface area (Å²) in [5, 5.41) is 2.98. The maximum absolute atomic E-state index is 14.0. The van der Waals surface area contributed by atoms with Crippen LogP contribution in [0.5, 0.6) is 0 Å². The molecule has 0 aliphatic heterocycles. The molecule has 0 radical (unpaired) electrons. The number of benzene rings is 3. The summed E-state index contributed by atoms with van der Waals surface area (Å²) in [7, 11) is -4.07. The van der Waals surface area contributed by atoms with Gasteiger partial charge in [0.1, 0.15) is 12.6 Å². The second kappa shape index (κ2) is 13.6. The van der Waals surface area contributed by atoms with E-state index < -0.39 is 28.5 Å². The standard InChI is InChI=1S/C29H34BrN3O4S/c1-4-22(3)31-29(35)27(5-2)32(20-23-12-8-6-9-13-23)28(34)21-33(25-18-16-24(30)17-19-25)38(36,37)26-14-10-7-11-15-26/h6-19,22,27H,4-5,20-21H2,1-3H3,(H,31,35)/t22-,27-/m1/s1. The Morgan fingerprint density at radius 1 is 0.868 bits per heavy atom. The Hall–Kier alpha value is -3.17. The molecule has 202 valence electrons. The largest absolute Gasteiger partial charge is 0.352 e. The molecule has 7 nitrogen and oxygen atoms in total. The van der Waals surface area contributed by atoms with E-state index in [0.29, 0.717) is 12.1 Å². The first-order valence-electron chi connectivity index (χ1n) is 12.6. The molecule has 2 amide bonds. The average molecular weight is 601 g/mol. The lowest BCUT2D eigenvalue weighted by molar-refractivity contribution is -0.140. The number of nitrogens with zero attached hydrogens (tertiary/aromatic N) is 2. The molecule has 0 aliphatic rings. The molecule has 0 fully saturated rings. The Kier molecular flexibility index (Phi) is 10.5. The van der Waals surface area contributed by atoms with E-state index >= 15 is 0 Å². The van der Waals surface area contributed by atoms with Crippen molar-refractivity contribution in [2.75, 3.05) is 10.8 Å². The van der Waals surface area contributed by atoms with Crippen LogP contribution in [0.25, 0.3) is 0 Å². The summed E-state index contributed by atoms with van der Waals surface area (Å²) >= 11 is 3.38. The fourth-order valence-corrected chi connectivity index (χ4v) is 5.70. The minimum Gasteiger partial charge on any atom is -0.352 e. The maximum atomic E-state index is 14.0. The fraction of sp³-hybridized carbons (Fsp3) is 0.310. The van der Waals surface area contributed by atoms with Gasteiger partial charge < -0.3 is 10.2 Å². The molecule has 0 spiro atoms. The second-order valence-electron chi connectivity index (χ2n) is 9.05. The molecule has 3 rings (SSSR count). The summed E-state index contributed by atoms with van der Waals surface area (Å²) in [6.45, 7) is 5.45. The zero-order valence-corrected chi connectivity index (χ0v) is 24.3. The van der Waals surface area contributed by atoms with Crippen LogP contribution in [-0.4, -0.2) is 43.8 Å². The zero-order chi connectivity index (χ0) is 27.7. The summed E-state index contributed by atoms with van der Waals surface area (Å²) in [6.07, 6.45) is 1.13. The first-order valence-corrected chi connectivity index (χ1v) is 14.9. The normalized spacial score (nSPS) is 12.8. The van der Waals surface area contributed by atoms with E-state index in [1.54, 1.807) is 42.5 Å². The van der Waals surface area contributed by atoms with Crippen molar-refractivity contribution < 1.29 is 18.0 Å². The van der Waals surface area contributed by atoms with Crippen LogP contribution in [0, 0.1) is 0 Å². The highest BCUT2D eigenvalue weighted by atomic mass is 79.9. The van der Waals surface area contributed by atoms with Crippen LogP contribution in [0.1, 0.15) is 39.2 Å². The first-order chi connectivity index (χ1) is 18.2. The number of rotatable bonds is 12. The molecule has 0 saturated carbocycles. The highest BCUT2D eigenvalue weighted by Crippen LogP contribution is 2.26. The lowest BCUT2D eigenvalue weighted by atomic mass is 10.1. The predicted molar refractivity (Wildman–Crippen MR) is 154 cm³/mol. The number of hydrogen-bond acceptors (Lipinski definition) is 4. The van der Waals surface area contributed by atoms with Crippen molar-refractivity contribution >= 4 is 43.5 Å². The Balaban J connectivity index is 2.02. The van der Waals surface area contributed by atoms with Crippen LogP contribution in [-0.2, 0) is 26.2 Å². The van der Waals surface area contributed by atoms with E-state index in [9.17, 15) is 18.0 Å². The molecule has 38 heavy (non-hydrogen) atoms. The van der Waals surface area contributed by atoms with Crippen LogP contribution < -0.4 is 9.62 Å². The molecule has 3 aromatic rings. The maximum Gasteiger partial charge on any atom is 0.264 e. The van der Waals surface area contributed by atoms with Crippen molar-refractivity contribution in [1.82, 2.24) is 10.2 Å². The number of nitrogens with one attached hydrogen (secondary N) is 1. The zero-order valence-electron chi connectivity index (χ0n) is 21.9. The van der Waals surface area contributed by atoms with Crippen molar-refractivity contribution in [2.45, 2.75) is 57.1 Å². The van der Waals surface area contributed by atoms with Crippen LogP contribution in [0.15, 0.2) is 94.3 Å². The van der Waals surface area contributed by atoms with Crippen molar-refractivity contribution in [3.63, 3.8) is 0 Å². The van der Waals surface area contributed by atoms with Gasteiger partial charge in [-0.2, -0.15) is 0 Å². The second-order valence-corrected chi connectivity index (χ2v) is 11.8. The highest BCUT2D eigenvalue weighted by molar-refractivity contribution is 9.10. The quantitative estimate of drug-likeness (QED) is 0.303. The molecule has 3 aromatic carbocycles. The van der Waals surface area contributed by atoms with Gasteiger partial charge in [-0.05, 0) is 61.7 Å². The molecule has 1 N–H and O–H groups in total. The number of hydrogen-bond donors (Lipinski definition) is 1. The lowest BCUT2D eigenvalue weighted by Crippen LogP contribution is -2.53. The van der Waals surface area contributed by atoms with Crippen molar-refractivity contribution in [3.8, 4) is 0 Å². The van der Waals surface area contributed by atoms with E-state index in [-0.39, 0.29) is 23.4 Å². The lowest BCUT2D eigenvalue weighted by Gasteiger charge is -2.33. The summed E-state index contributed by atoms with van der Waals surface area (Å²) < 4.78 is 29.4. The van der Waals surface area contributed by atoms with E-state index in [2.05, 4.69) is 21.2 Å².